The summed E-state index contributed by atoms with van der Waals surface area (Å²) in [5.41, 5.74) is 1.35. The number of imide groups is 1. The van der Waals surface area contributed by atoms with Crippen LogP contribution in [0.4, 0.5) is 0 Å². The van der Waals surface area contributed by atoms with Crippen LogP contribution in [0, 0.1) is 17.8 Å². The largest absolute Gasteiger partial charge is 0.497 e. The third-order valence-electron chi connectivity index (χ3n) is 6.65. The van der Waals surface area contributed by atoms with E-state index in [4.69, 9.17) is 4.74 Å². The minimum atomic E-state index is -0.112. The number of methoxy groups -OCH3 is 1. The molecule has 150 valence electrons. The Bertz CT molecular complexity index is 709. The lowest BCUT2D eigenvalue weighted by Gasteiger charge is -2.34. The fourth-order valence-corrected chi connectivity index (χ4v) is 4.79. The first-order chi connectivity index (χ1) is 13.7. The zero-order valence-corrected chi connectivity index (χ0v) is 16.7. The summed E-state index contributed by atoms with van der Waals surface area (Å²) in [5.74, 6) is 1.48. The van der Waals surface area contributed by atoms with Crippen molar-refractivity contribution in [2.24, 2.45) is 17.8 Å². The van der Waals surface area contributed by atoms with Gasteiger partial charge in [0.05, 0.1) is 25.6 Å². The molecule has 2 atom stereocenters. The molecule has 3 aliphatic rings. The molecule has 5 heteroatoms. The van der Waals surface area contributed by atoms with Gasteiger partial charge in [0.25, 0.3) is 0 Å². The third-order valence-corrected chi connectivity index (χ3v) is 6.65. The van der Waals surface area contributed by atoms with Crippen molar-refractivity contribution >= 4 is 11.8 Å². The first kappa shape index (κ1) is 19.2. The average Bonchev–Trinajstić information content (AvgIpc) is 2.99. The minimum Gasteiger partial charge on any atom is -0.497 e. The Morgan fingerprint density at radius 1 is 0.964 bits per heavy atom. The van der Waals surface area contributed by atoms with Crippen LogP contribution < -0.4 is 4.74 Å². The van der Waals surface area contributed by atoms with Crippen LogP contribution in [0.2, 0.25) is 0 Å². The number of hydrogen-bond donors (Lipinski definition) is 0. The van der Waals surface area contributed by atoms with Crippen LogP contribution in [-0.2, 0) is 16.0 Å². The van der Waals surface area contributed by atoms with Crippen LogP contribution in [-0.4, -0.2) is 48.5 Å². The lowest BCUT2D eigenvalue weighted by molar-refractivity contribution is -0.142. The molecule has 2 heterocycles. The predicted octanol–water partition coefficient (Wildman–Crippen LogP) is 3.25. The molecule has 1 aliphatic carbocycles. The Labute approximate surface area is 167 Å². The number of carbonyl (C=O) groups is 2. The van der Waals surface area contributed by atoms with Gasteiger partial charge in [0.2, 0.25) is 11.8 Å². The number of rotatable bonds is 6. The number of nitrogens with zero attached hydrogens (tertiary/aromatic N) is 2. The van der Waals surface area contributed by atoms with E-state index in [-0.39, 0.29) is 23.7 Å². The second-order valence-corrected chi connectivity index (χ2v) is 8.35. The maximum absolute atomic E-state index is 12.6. The van der Waals surface area contributed by atoms with Crippen LogP contribution in [0.15, 0.2) is 36.4 Å². The van der Waals surface area contributed by atoms with E-state index in [1.807, 2.05) is 24.3 Å². The number of hydrogen-bond acceptors (Lipinski definition) is 4. The van der Waals surface area contributed by atoms with Gasteiger partial charge < -0.3 is 4.74 Å². The van der Waals surface area contributed by atoms with Gasteiger partial charge in [0.1, 0.15) is 5.75 Å². The molecule has 1 aromatic carbocycles. The molecule has 0 aromatic heterocycles. The van der Waals surface area contributed by atoms with Gasteiger partial charge in [0, 0.05) is 13.1 Å². The summed E-state index contributed by atoms with van der Waals surface area (Å²) in [4.78, 5) is 29.1. The summed E-state index contributed by atoms with van der Waals surface area (Å²) in [6.45, 7) is 2.42. The maximum Gasteiger partial charge on any atom is 0.234 e. The Morgan fingerprint density at radius 2 is 1.57 bits per heavy atom. The summed E-state index contributed by atoms with van der Waals surface area (Å²) < 4.78 is 5.22. The van der Waals surface area contributed by atoms with Gasteiger partial charge >= 0.3 is 0 Å². The molecule has 0 bridgehead atoms. The van der Waals surface area contributed by atoms with Gasteiger partial charge in [0.15, 0.2) is 0 Å². The van der Waals surface area contributed by atoms with Crippen molar-refractivity contribution in [1.82, 2.24) is 9.80 Å². The summed E-state index contributed by atoms with van der Waals surface area (Å²) >= 11 is 0. The summed E-state index contributed by atoms with van der Waals surface area (Å²) in [6, 6.07) is 8.34. The van der Waals surface area contributed by atoms with Gasteiger partial charge in [-0.05, 0) is 62.1 Å². The topological polar surface area (TPSA) is 49.9 Å². The number of carbonyl (C=O) groups excluding carboxylic acids is 2. The number of allylic oxidation sites excluding steroid dienone is 2. The molecule has 0 N–H and O–H groups in total. The SMILES string of the molecule is COc1ccc(CCC2CCN(CN3C(=O)C4CC=CCC4C3=O)CC2)cc1. The third kappa shape index (κ3) is 4.00. The van der Waals surface area contributed by atoms with Crippen LogP contribution in [0.5, 0.6) is 5.75 Å². The van der Waals surface area contributed by atoms with Crippen LogP contribution >= 0.6 is 0 Å². The number of likely N-dealkylation sites (tertiary alicyclic amines) is 2. The Kier molecular flexibility index (Phi) is 5.81. The zero-order valence-electron chi connectivity index (χ0n) is 16.7. The average molecular weight is 383 g/mol. The highest BCUT2D eigenvalue weighted by molar-refractivity contribution is 6.05. The van der Waals surface area contributed by atoms with E-state index < -0.39 is 0 Å². The maximum atomic E-state index is 12.6. The van der Waals surface area contributed by atoms with E-state index in [1.165, 1.54) is 16.9 Å². The minimum absolute atomic E-state index is 0.0426. The van der Waals surface area contributed by atoms with Crippen molar-refractivity contribution < 1.29 is 14.3 Å². The Morgan fingerprint density at radius 3 is 2.14 bits per heavy atom. The number of amides is 2. The fraction of sp³-hybridized carbons (Fsp3) is 0.565. The number of aryl methyl sites for hydroxylation is 1. The summed E-state index contributed by atoms with van der Waals surface area (Å²) in [6.07, 6.45) is 10.1. The summed E-state index contributed by atoms with van der Waals surface area (Å²) in [5, 5.41) is 0. The molecular weight excluding hydrogens is 352 g/mol. The lowest BCUT2D eigenvalue weighted by Crippen LogP contribution is -2.45. The van der Waals surface area contributed by atoms with Gasteiger partial charge in [-0.3, -0.25) is 19.4 Å². The van der Waals surface area contributed by atoms with Gasteiger partial charge in [-0.25, -0.2) is 0 Å². The highest BCUT2D eigenvalue weighted by Crippen LogP contribution is 2.35. The Hall–Kier alpha value is -2.14. The predicted molar refractivity (Wildman–Crippen MR) is 108 cm³/mol. The van der Waals surface area contributed by atoms with Gasteiger partial charge in [-0.1, -0.05) is 24.3 Å². The highest BCUT2D eigenvalue weighted by atomic mass is 16.5. The molecule has 0 spiro atoms. The highest BCUT2D eigenvalue weighted by Gasteiger charge is 2.47. The molecule has 0 radical (unpaired) electrons. The lowest BCUT2D eigenvalue weighted by atomic mass is 9.85. The fourth-order valence-electron chi connectivity index (χ4n) is 4.79. The standard InChI is InChI=1S/C23H30N2O3/c1-28-19-10-8-17(9-11-19)6-7-18-12-14-24(15-13-18)16-25-22(26)20-4-2-3-5-21(20)23(25)27/h2-3,8-11,18,20-21H,4-7,12-16H2,1H3. The van der Waals surface area contributed by atoms with E-state index >= 15 is 0 Å². The first-order valence-electron chi connectivity index (χ1n) is 10.5. The molecule has 2 fully saturated rings. The molecule has 4 rings (SSSR count). The summed E-state index contributed by atoms with van der Waals surface area (Å²) in [7, 11) is 1.69. The molecule has 2 amide bonds. The monoisotopic (exact) mass is 382 g/mol. The second kappa shape index (κ2) is 8.48. The van der Waals surface area contributed by atoms with Crippen molar-refractivity contribution in [3.8, 4) is 5.75 Å². The smallest absolute Gasteiger partial charge is 0.234 e. The molecule has 28 heavy (non-hydrogen) atoms. The van der Waals surface area contributed by atoms with Crippen molar-refractivity contribution in [1.29, 1.82) is 0 Å². The quantitative estimate of drug-likeness (QED) is 0.560. The van der Waals surface area contributed by atoms with Crippen LogP contribution in [0.25, 0.3) is 0 Å². The molecule has 2 saturated heterocycles. The molecule has 1 aromatic rings. The number of fused-ring (bicyclic) bond motifs is 1. The second-order valence-electron chi connectivity index (χ2n) is 8.35. The van der Waals surface area contributed by atoms with E-state index in [0.29, 0.717) is 6.67 Å². The van der Waals surface area contributed by atoms with E-state index in [2.05, 4.69) is 17.0 Å². The number of ether oxygens (including phenoxy) is 1. The van der Waals surface area contributed by atoms with E-state index in [0.717, 1.165) is 56.9 Å². The van der Waals surface area contributed by atoms with Crippen molar-refractivity contribution in [2.45, 2.75) is 38.5 Å². The van der Waals surface area contributed by atoms with Gasteiger partial charge in [-0.15, -0.1) is 0 Å². The molecular formula is C23H30N2O3. The van der Waals surface area contributed by atoms with Gasteiger partial charge in [-0.2, -0.15) is 0 Å². The number of piperidine rings is 1. The van der Waals surface area contributed by atoms with E-state index in [1.54, 1.807) is 7.11 Å². The van der Waals surface area contributed by atoms with Crippen molar-refractivity contribution in [3.05, 3.63) is 42.0 Å². The van der Waals surface area contributed by atoms with Crippen molar-refractivity contribution in [2.75, 3.05) is 26.9 Å². The molecule has 2 aliphatic heterocycles. The normalized spacial score (nSPS) is 26.0. The zero-order chi connectivity index (χ0) is 19.5. The number of benzene rings is 1. The molecule has 2 unspecified atom stereocenters. The molecule has 5 nitrogen and oxygen atoms in total. The Balaban J connectivity index is 1.23. The van der Waals surface area contributed by atoms with Crippen LogP contribution in [0.3, 0.4) is 0 Å². The van der Waals surface area contributed by atoms with Crippen LogP contribution in [0.1, 0.15) is 37.7 Å². The van der Waals surface area contributed by atoms with Crippen molar-refractivity contribution in [3.63, 3.8) is 0 Å². The molecule has 0 saturated carbocycles. The van der Waals surface area contributed by atoms with E-state index in [9.17, 15) is 9.59 Å². The first-order valence-corrected chi connectivity index (χ1v) is 10.5.